The Kier molecular flexibility index (Phi) is 4.85. The predicted octanol–water partition coefficient (Wildman–Crippen LogP) is 4.76. The van der Waals surface area contributed by atoms with Crippen LogP contribution < -0.4 is 10.3 Å². The van der Waals surface area contributed by atoms with Crippen LogP contribution in [0.2, 0.25) is 0 Å². The van der Waals surface area contributed by atoms with Gasteiger partial charge in [0.1, 0.15) is 5.75 Å². The molecule has 3 heterocycles. The minimum atomic E-state index is -0.786. The second kappa shape index (κ2) is 7.71. The summed E-state index contributed by atoms with van der Waals surface area (Å²) in [6, 6.07) is 18.9. The fourth-order valence-corrected chi connectivity index (χ4v) is 4.30. The van der Waals surface area contributed by atoms with E-state index in [9.17, 15) is 9.59 Å². The monoisotopic (exact) mass is 428 g/mol. The van der Waals surface area contributed by atoms with Crippen LogP contribution in [-0.4, -0.2) is 22.2 Å². The molecule has 32 heavy (non-hydrogen) atoms. The van der Waals surface area contributed by atoms with Gasteiger partial charge in [0, 0.05) is 37.5 Å². The number of aromatic nitrogens is 1. The molecular weight excluding hydrogens is 404 g/mol. The van der Waals surface area contributed by atoms with E-state index in [4.69, 9.17) is 9.47 Å². The van der Waals surface area contributed by atoms with Crippen LogP contribution in [-0.2, 0) is 17.4 Å². The first-order chi connectivity index (χ1) is 15.5. The average Bonchev–Trinajstić information content (AvgIpc) is 2.81. The van der Waals surface area contributed by atoms with Crippen molar-refractivity contribution in [3.05, 3.63) is 101 Å². The number of aryl methyl sites for hydroxylation is 1. The van der Waals surface area contributed by atoms with Gasteiger partial charge in [-0.25, -0.2) is 4.79 Å². The van der Waals surface area contributed by atoms with Gasteiger partial charge in [0.2, 0.25) is 0 Å². The molecule has 1 amide bonds. The number of nitrogens with zero attached hydrogens (tertiary/aromatic N) is 2. The van der Waals surface area contributed by atoms with Gasteiger partial charge >= 0.3 is 6.09 Å². The fraction of sp³-hybridized carbons (Fsp3) is 0.231. The minimum Gasteiger partial charge on any atom is -0.493 e. The van der Waals surface area contributed by atoms with Crippen molar-refractivity contribution in [3.8, 4) is 16.9 Å². The van der Waals surface area contributed by atoms with E-state index in [-0.39, 0.29) is 17.7 Å². The van der Waals surface area contributed by atoms with Crippen LogP contribution in [0.25, 0.3) is 11.1 Å². The van der Waals surface area contributed by atoms with E-state index in [1.165, 1.54) is 4.57 Å². The molecule has 162 valence electrons. The van der Waals surface area contributed by atoms with Crippen LogP contribution in [0.15, 0.2) is 83.9 Å². The Morgan fingerprint density at radius 2 is 1.78 bits per heavy atom. The summed E-state index contributed by atoms with van der Waals surface area (Å²) >= 11 is 0. The molecule has 2 aliphatic rings. The van der Waals surface area contributed by atoms with Crippen molar-refractivity contribution in [3.63, 3.8) is 0 Å². The molecule has 3 aromatic rings. The normalized spacial score (nSPS) is 20.4. The molecule has 0 bridgehead atoms. The van der Waals surface area contributed by atoms with Gasteiger partial charge in [-0.05, 0) is 41.8 Å². The van der Waals surface area contributed by atoms with Crippen molar-refractivity contribution in [2.45, 2.75) is 25.0 Å². The highest BCUT2D eigenvalue weighted by atomic mass is 16.6. The SMILES string of the molecule is CC(c1ccc(-c2ccn(C)c(=O)c2)cc1)N1C=CC2(CCOc3ccccc32)OC1=O. The maximum absolute atomic E-state index is 13.0. The molecule has 0 saturated carbocycles. The quantitative estimate of drug-likeness (QED) is 0.604. The van der Waals surface area contributed by atoms with Gasteiger partial charge in [-0.1, -0.05) is 42.5 Å². The third-order valence-corrected chi connectivity index (χ3v) is 6.31. The summed E-state index contributed by atoms with van der Waals surface area (Å²) in [5.74, 6) is 0.754. The van der Waals surface area contributed by atoms with Gasteiger partial charge in [-0.2, -0.15) is 0 Å². The Hall–Kier alpha value is -3.80. The highest BCUT2D eigenvalue weighted by Gasteiger charge is 2.43. The number of ether oxygens (including phenoxy) is 2. The third-order valence-electron chi connectivity index (χ3n) is 6.31. The third kappa shape index (κ3) is 3.38. The van der Waals surface area contributed by atoms with E-state index in [1.807, 2.05) is 73.8 Å². The summed E-state index contributed by atoms with van der Waals surface area (Å²) in [5.41, 5.74) is 2.83. The molecule has 2 aromatic carbocycles. The predicted molar refractivity (Wildman–Crippen MR) is 121 cm³/mol. The molecular formula is C26H24N2O4. The second-order valence-corrected chi connectivity index (χ2v) is 8.24. The summed E-state index contributed by atoms with van der Waals surface area (Å²) in [4.78, 5) is 26.6. The van der Waals surface area contributed by atoms with Crippen LogP contribution >= 0.6 is 0 Å². The molecule has 6 nitrogen and oxygen atoms in total. The molecule has 1 spiro atoms. The van der Waals surface area contributed by atoms with Gasteiger partial charge in [0.05, 0.1) is 12.6 Å². The molecule has 0 N–H and O–H groups in total. The number of para-hydroxylation sites is 1. The molecule has 2 unspecified atom stereocenters. The van der Waals surface area contributed by atoms with Crippen molar-refractivity contribution in [1.29, 1.82) is 0 Å². The zero-order valence-electron chi connectivity index (χ0n) is 18.0. The standard InChI is InChI=1S/C26H24N2O4/c1-18(19-7-9-20(10-8-19)21-11-14-27(2)24(29)17-21)28-15-12-26(32-25(28)30)13-16-31-23-6-4-3-5-22(23)26/h3-12,14-15,17-18H,13,16H2,1-2H3. The smallest absolute Gasteiger partial charge is 0.415 e. The van der Waals surface area contributed by atoms with Crippen molar-refractivity contribution in [2.24, 2.45) is 7.05 Å². The number of hydrogen-bond donors (Lipinski definition) is 0. The lowest BCUT2D eigenvalue weighted by atomic mass is 9.87. The zero-order valence-corrected chi connectivity index (χ0v) is 18.0. The van der Waals surface area contributed by atoms with Crippen LogP contribution in [0.3, 0.4) is 0 Å². The van der Waals surface area contributed by atoms with Crippen LogP contribution in [0.1, 0.15) is 30.5 Å². The van der Waals surface area contributed by atoms with Crippen molar-refractivity contribution >= 4 is 6.09 Å². The maximum atomic E-state index is 13.0. The fourth-order valence-electron chi connectivity index (χ4n) is 4.30. The first-order valence-corrected chi connectivity index (χ1v) is 10.7. The maximum Gasteiger partial charge on any atom is 0.415 e. The lowest BCUT2D eigenvalue weighted by Gasteiger charge is -2.41. The number of benzene rings is 2. The molecule has 2 atom stereocenters. The molecule has 0 saturated heterocycles. The van der Waals surface area contributed by atoms with Crippen LogP contribution in [0, 0.1) is 0 Å². The molecule has 6 heteroatoms. The van der Waals surface area contributed by atoms with Gasteiger partial charge in [-0.3, -0.25) is 9.69 Å². The highest BCUT2D eigenvalue weighted by molar-refractivity contribution is 5.73. The van der Waals surface area contributed by atoms with Gasteiger partial charge < -0.3 is 14.0 Å². The first kappa shape index (κ1) is 20.1. The molecule has 2 aliphatic heterocycles. The number of pyridine rings is 1. The van der Waals surface area contributed by atoms with E-state index in [1.54, 1.807) is 24.2 Å². The van der Waals surface area contributed by atoms with Gasteiger partial charge in [-0.15, -0.1) is 0 Å². The largest absolute Gasteiger partial charge is 0.493 e. The van der Waals surface area contributed by atoms with Crippen molar-refractivity contribution in [2.75, 3.05) is 6.61 Å². The van der Waals surface area contributed by atoms with Gasteiger partial charge in [0.15, 0.2) is 5.60 Å². The van der Waals surface area contributed by atoms with E-state index in [0.29, 0.717) is 13.0 Å². The summed E-state index contributed by atoms with van der Waals surface area (Å²) in [6.07, 6.45) is 5.74. The highest BCUT2D eigenvalue weighted by Crippen LogP contribution is 2.43. The lowest BCUT2D eigenvalue weighted by molar-refractivity contribution is -0.0151. The molecule has 1 aromatic heterocycles. The number of amides is 1. The lowest BCUT2D eigenvalue weighted by Crippen LogP contribution is -2.44. The van der Waals surface area contributed by atoms with E-state index < -0.39 is 5.60 Å². The Bertz CT molecular complexity index is 1260. The summed E-state index contributed by atoms with van der Waals surface area (Å²) in [7, 11) is 1.73. The second-order valence-electron chi connectivity index (χ2n) is 8.24. The Balaban J connectivity index is 1.39. The van der Waals surface area contributed by atoms with Crippen molar-refractivity contribution < 1.29 is 14.3 Å². The Labute approximate surface area is 186 Å². The first-order valence-electron chi connectivity index (χ1n) is 10.7. The molecule has 5 rings (SSSR count). The van der Waals surface area contributed by atoms with Crippen LogP contribution in [0.4, 0.5) is 4.79 Å². The average molecular weight is 428 g/mol. The molecule has 0 aliphatic carbocycles. The van der Waals surface area contributed by atoms with Crippen LogP contribution in [0.5, 0.6) is 5.75 Å². The molecule has 0 fully saturated rings. The number of carbonyl (C=O) groups excluding carboxylic acids is 1. The Morgan fingerprint density at radius 1 is 1.00 bits per heavy atom. The summed E-state index contributed by atoms with van der Waals surface area (Å²) in [6.45, 7) is 2.46. The van der Waals surface area contributed by atoms with E-state index in [0.717, 1.165) is 28.0 Å². The summed E-state index contributed by atoms with van der Waals surface area (Å²) < 4.78 is 13.3. The van der Waals surface area contributed by atoms with E-state index >= 15 is 0 Å². The van der Waals surface area contributed by atoms with E-state index in [2.05, 4.69) is 0 Å². The topological polar surface area (TPSA) is 60.8 Å². The Morgan fingerprint density at radius 3 is 2.53 bits per heavy atom. The number of rotatable bonds is 3. The summed E-state index contributed by atoms with van der Waals surface area (Å²) in [5, 5.41) is 0. The zero-order chi connectivity index (χ0) is 22.3. The number of fused-ring (bicyclic) bond motifs is 2. The number of hydrogen-bond acceptors (Lipinski definition) is 4. The van der Waals surface area contributed by atoms with Crippen molar-refractivity contribution in [1.82, 2.24) is 9.47 Å². The minimum absolute atomic E-state index is 0.0511. The number of carbonyl (C=O) groups is 1. The van der Waals surface area contributed by atoms with Gasteiger partial charge in [0.25, 0.3) is 5.56 Å². The molecule has 0 radical (unpaired) electrons.